The molecule has 0 spiro atoms. The summed E-state index contributed by atoms with van der Waals surface area (Å²) in [7, 11) is 0.855. The first-order valence-electron chi connectivity index (χ1n) is 11.5. The minimum atomic E-state index is -3.86. The molecule has 2 bridgehead atoms. The van der Waals surface area contributed by atoms with E-state index < -0.39 is 10.0 Å². The number of fused-ring (bicyclic) bond motifs is 2. The third-order valence-electron chi connectivity index (χ3n) is 6.80. The van der Waals surface area contributed by atoms with Crippen molar-refractivity contribution < 1.29 is 22.6 Å². The van der Waals surface area contributed by atoms with Gasteiger partial charge in [-0.05, 0) is 71.1 Å². The number of sulfonamides is 1. The van der Waals surface area contributed by atoms with E-state index in [0.29, 0.717) is 34.3 Å². The monoisotopic (exact) mass is 585 g/mol. The van der Waals surface area contributed by atoms with Gasteiger partial charge in [0.05, 0.1) is 26.4 Å². The van der Waals surface area contributed by atoms with Gasteiger partial charge in [-0.1, -0.05) is 6.42 Å². The number of nitrogens with zero attached hydrogens (tertiary/aromatic N) is 2. The van der Waals surface area contributed by atoms with Crippen LogP contribution in [0.1, 0.15) is 31.2 Å². The second-order valence-corrected chi connectivity index (χ2v) is 12.9. The summed E-state index contributed by atoms with van der Waals surface area (Å²) in [5, 5.41) is 3.31. The zero-order valence-electron chi connectivity index (χ0n) is 20.5. The van der Waals surface area contributed by atoms with Crippen molar-refractivity contribution in [3.05, 3.63) is 34.4 Å². The zero-order chi connectivity index (χ0) is 25.2. The molecule has 2 unspecified atom stereocenters. The van der Waals surface area contributed by atoms with Crippen LogP contribution in [0.5, 0.6) is 11.5 Å². The molecule has 0 radical (unpaired) electrons. The maximum absolute atomic E-state index is 13.7. The van der Waals surface area contributed by atoms with Crippen molar-refractivity contribution in [3.8, 4) is 11.5 Å². The summed E-state index contributed by atoms with van der Waals surface area (Å²) < 4.78 is 46.4. The van der Waals surface area contributed by atoms with Crippen LogP contribution >= 0.6 is 27.7 Å². The van der Waals surface area contributed by atoms with Crippen molar-refractivity contribution in [1.82, 2.24) is 9.29 Å². The summed E-state index contributed by atoms with van der Waals surface area (Å²) in [6.45, 7) is 1.49. The molecule has 1 aromatic carbocycles. The first-order chi connectivity index (χ1) is 16.7. The molecule has 1 aliphatic carbocycles. The van der Waals surface area contributed by atoms with E-state index >= 15 is 0 Å². The summed E-state index contributed by atoms with van der Waals surface area (Å²) >= 11 is 4.91. The van der Waals surface area contributed by atoms with Crippen molar-refractivity contribution in [2.24, 2.45) is 5.92 Å². The van der Waals surface area contributed by atoms with Crippen LogP contribution in [0.2, 0.25) is 0 Å². The number of nitrogens with one attached hydrogen (secondary N) is 1. The lowest BCUT2D eigenvalue weighted by Crippen LogP contribution is -2.38. The predicted octanol–water partition coefficient (Wildman–Crippen LogP) is 4.78. The fourth-order valence-electron chi connectivity index (χ4n) is 4.93. The third kappa shape index (κ3) is 5.58. The van der Waals surface area contributed by atoms with Crippen LogP contribution in [0.3, 0.4) is 0 Å². The van der Waals surface area contributed by atoms with Crippen molar-refractivity contribution in [2.75, 3.05) is 46.0 Å². The number of anilines is 1. The Morgan fingerprint density at radius 2 is 2.03 bits per heavy atom. The maximum atomic E-state index is 13.7. The van der Waals surface area contributed by atoms with Crippen molar-refractivity contribution in [3.63, 3.8) is 0 Å². The van der Waals surface area contributed by atoms with E-state index in [1.54, 1.807) is 33.5 Å². The molecule has 192 valence electrons. The molecule has 8 nitrogen and oxygen atoms in total. The topological polar surface area (TPSA) is 90.0 Å². The lowest BCUT2D eigenvalue weighted by molar-refractivity contribution is 0.00960. The Morgan fingerprint density at radius 3 is 2.74 bits per heavy atom. The van der Waals surface area contributed by atoms with Crippen molar-refractivity contribution in [2.45, 2.75) is 47.6 Å². The minimum absolute atomic E-state index is 0.127. The molecule has 1 aliphatic heterocycles. The number of methoxy groups -OCH3 is 2. The van der Waals surface area contributed by atoms with Gasteiger partial charge in [0, 0.05) is 35.7 Å². The van der Waals surface area contributed by atoms with Crippen LogP contribution in [0, 0.1) is 5.92 Å². The first kappa shape index (κ1) is 26.5. The van der Waals surface area contributed by atoms with E-state index in [-0.39, 0.29) is 17.0 Å². The van der Waals surface area contributed by atoms with Crippen LogP contribution in [-0.2, 0) is 21.3 Å². The predicted molar refractivity (Wildman–Crippen MR) is 141 cm³/mol. The van der Waals surface area contributed by atoms with Crippen LogP contribution in [0.4, 0.5) is 5.82 Å². The number of ether oxygens (including phenoxy) is 3. The number of halogens is 1. The molecule has 1 saturated carbocycles. The van der Waals surface area contributed by atoms with Gasteiger partial charge in [-0.25, -0.2) is 13.4 Å². The van der Waals surface area contributed by atoms with Gasteiger partial charge in [0.1, 0.15) is 10.7 Å². The van der Waals surface area contributed by atoms with Crippen molar-refractivity contribution in [1.29, 1.82) is 0 Å². The van der Waals surface area contributed by atoms with E-state index in [9.17, 15) is 8.42 Å². The summed E-state index contributed by atoms with van der Waals surface area (Å²) in [6, 6.07) is 5.29. The second kappa shape index (κ2) is 10.8. The Kier molecular flexibility index (Phi) is 8.22. The zero-order valence-corrected chi connectivity index (χ0v) is 23.7. The summed E-state index contributed by atoms with van der Waals surface area (Å²) in [5.41, 5.74) is 0.586. The highest BCUT2D eigenvalue weighted by atomic mass is 79.9. The van der Waals surface area contributed by atoms with Crippen LogP contribution in [0.25, 0.3) is 0 Å². The molecular formula is C24H32BrN3O5S2. The number of thioether (sulfide) groups is 1. The van der Waals surface area contributed by atoms with Gasteiger partial charge in [0.2, 0.25) is 10.0 Å². The van der Waals surface area contributed by atoms with Gasteiger partial charge in [0.15, 0.2) is 11.5 Å². The molecule has 2 atom stereocenters. The van der Waals surface area contributed by atoms with Crippen LogP contribution in [0.15, 0.2) is 38.7 Å². The standard InChI is InChI=1S/C24H32BrN3O5S2/c1-28(13-17-8-19(31-2)20(32-3)10-21(17)34-4)35(29,30)22-9-18(25)12-26-23(22)27-15-24-7-5-6-16(11-24)14-33-24/h8-10,12,16H,5-7,11,13-15H2,1-4H3,(H,26,27). The Balaban J connectivity index is 1.59. The number of hydrogen-bond acceptors (Lipinski definition) is 8. The van der Waals surface area contributed by atoms with Gasteiger partial charge in [-0.2, -0.15) is 4.31 Å². The lowest BCUT2D eigenvalue weighted by atomic mass is 9.81. The smallest absolute Gasteiger partial charge is 0.246 e. The highest BCUT2D eigenvalue weighted by Gasteiger charge is 2.43. The van der Waals surface area contributed by atoms with Gasteiger partial charge in [0.25, 0.3) is 0 Å². The van der Waals surface area contributed by atoms with E-state index in [1.807, 2.05) is 18.4 Å². The highest BCUT2D eigenvalue weighted by molar-refractivity contribution is 9.10. The number of aromatic nitrogens is 1. The molecule has 0 amide bonds. The Morgan fingerprint density at radius 1 is 1.29 bits per heavy atom. The number of hydrogen-bond donors (Lipinski definition) is 1. The van der Waals surface area contributed by atoms with E-state index in [4.69, 9.17) is 14.2 Å². The normalized spacial score (nSPS) is 21.8. The Labute approximate surface area is 220 Å². The van der Waals surface area contributed by atoms with Gasteiger partial charge >= 0.3 is 0 Å². The average Bonchev–Trinajstić information content (AvgIpc) is 3.15. The highest BCUT2D eigenvalue weighted by Crippen LogP contribution is 2.42. The van der Waals surface area contributed by atoms with E-state index in [2.05, 4.69) is 26.2 Å². The first-order valence-corrected chi connectivity index (χ1v) is 15.0. The van der Waals surface area contributed by atoms with Gasteiger partial charge in [-0.3, -0.25) is 0 Å². The van der Waals surface area contributed by atoms with Gasteiger partial charge < -0.3 is 19.5 Å². The molecule has 4 rings (SSSR count). The molecule has 1 N–H and O–H groups in total. The molecule has 2 aliphatic rings. The molecule has 2 fully saturated rings. The Hall–Kier alpha value is -1.53. The molecule has 1 saturated heterocycles. The quantitative estimate of drug-likeness (QED) is 0.398. The molecular weight excluding hydrogens is 554 g/mol. The maximum Gasteiger partial charge on any atom is 0.246 e. The average molecular weight is 587 g/mol. The minimum Gasteiger partial charge on any atom is -0.493 e. The van der Waals surface area contributed by atoms with E-state index in [0.717, 1.165) is 36.3 Å². The molecule has 35 heavy (non-hydrogen) atoms. The van der Waals surface area contributed by atoms with Gasteiger partial charge in [-0.15, -0.1) is 11.8 Å². The molecule has 11 heteroatoms. The van der Waals surface area contributed by atoms with Crippen LogP contribution < -0.4 is 14.8 Å². The fraction of sp³-hybridized carbons (Fsp3) is 0.542. The summed E-state index contributed by atoms with van der Waals surface area (Å²) in [4.78, 5) is 5.46. The Bertz CT molecular complexity index is 1180. The number of rotatable bonds is 10. The van der Waals surface area contributed by atoms with Crippen molar-refractivity contribution >= 4 is 43.5 Å². The third-order valence-corrected chi connectivity index (χ3v) is 9.87. The summed E-state index contributed by atoms with van der Waals surface area (Å²) in [6.07, 6.45) is 7.88. The SMILES string of the molecule is COc1cc(CN(C)S(=O)(=O)c2cc(Br)cnc2NCC23CCCC(CO2)C3)c(SC)cc1OC. The largest absolute Gasteiger partial charge is 0.493 e. The second-order valence-electron chi connectivity index (χ2n) is 9.09. The summed E-state index contributed by atoms with van der Waals surface area (Å²) in [5.74, 6) is 2.10. The molecule has 1 aromatic heterocycles. The number of benzene rings is 1. The molecule has 2 aromatic rings. The fourth-order valence-corrected chi connectivity index (χ4v) is 7.31. The molecule has 2 heterocycles. The van der Waals surface area contributed by atoms with E-state index in [1.165, 1.54) is 22.5 Å². The lowest BCUT2D eigenvalue weighted by Gasteiger charge is -2.32. The van der Waals surface area contributed by atoms with Crippen LogP contribution in [-0.4, -0.2) is 64.0 Å². The number of pyridine rings is 1.